The lowest BCUT2D eigenvalue weighted by molar-refractivity contribution is 0.0647. The number of carbonyl (C=O) groups excluding carboxylic acids is 1. The van der Waals surface area contributed by atoms with E-state index < -0.39 is 0 Å². The van der Waals surface area contributed by atoms with Gasteiger partial charge in [-0.05, 0) is 38.1 Å². The van der Waals surface area contributed by atoms with Crippen LogP contribution in [0, 0.1) is 13.8 Å². The molecule has 0 N–H and O–H groups in total. The maximum absolute atomic E-state index is 13.4. The summed E-state index contributed by atoms with van der Waals surface area (Å²) in [6, 6.07) is 6.04. The van der Waals surface area contributed by atoms with Gasteiger partial charge in [0.25, 0.3) is 5.91 Å². The van der Waals surface area contributed by atoms with E-state index in [-0.39, 0.29) is 5.91 Å². The van der Waals surface area contributed by atoms with Crippen LogP contribution in [0.25, 0.3) is 10.2 Å². The Balaban J connectivity index is 1.40. The number of hydrogen-bond donors (Lipinski definition) is 0. The molecule has 2 fully saturated rings. The standard InChI is InChI=1S/C24H31N7OS/c1-4-28-9-11-31(12-10-28)24(32)21-17(2)20-22(26-18(3)27-23(20)33-21)30-15-13-29(14-16-30)19-7-5-6-8-25-19/h5-8H,4,9-16H2,1-3H3. The summed E-state index contributed by atoms with van der Waals surface area (Å²) in [5.41, 5.74) is 1.01. The predicted molar refractivity (Wildman–Crippen MR) is 134 cm³/mol. The number of pyridine rings is 1. The van der Waals surface area contributed by atoms with Crippen molar-refractivity contribution in [3.05, 3.63) is 40.7 Å². The Kier molecular flexibility index (Phi) is 6.16. The van der Waals surface area contributed by atoms with Gasteiger partial charge in [0, 0.05) is 58.6 Å². The highest BCUT2D eigenvalue weighted by Crippen LogP contribution is 2.36. The first-order valence-electron chi connectivity index (χ1n) is 11.8. The lowest BCUT2D eigenvalue weighted by Gasteiger charge is -2.36. The number of fused-ring (bicyclic) bond motifs is 1. The molecule has 0 atom stereocenters. The van der Waals surface area contributed by atoms with Crippen molar-refractivity contribution in [2.24, 2.45) is 0 Å². The molecule has 8 nitrogen and oxygen atoms in total. The Labute approximate surface area is 198 Å². The SMILES string of the molecule is CCN1CCN(C(=O)c2sc3nc(C)nc(N4CCN(c5ccccn5)CC4)c3c2C)CC1. The highest BCUT2D eigenvalue weighted by atomic mass is 32.1. The number of nitrogens with zero attached hydrogens (tertiary/aromatic N) is 7. The molecule has 33 heavy (non-hydrogen) atoms. The lowest BCUT2D eigenvalue weighted by atomic mass is 10.1. The summed E-state index contributed by atoms with van der Waals surface area (Å²) < 4.78 is 0. The molecule has 0 aliphatic carbocycles. The number of carbonyl (C=O) groups is 1. The second-order valence-electron chi connectivity index (χ2n) is 8.72. The number of piperazine rings is 2. The molecule has 5 heterocycles. The summed E-state index contributed by atoms with van der Waals surface area (Å²) in [7, 11) is 0. The highest BCUT2D eigenvalue weighted by Gasteiger charge is 2.28. The topological polar surface area (TPSA) is 68.7 Å². The van der Waals surface area contributed by atoms with Gasteiger partial charge < -0.3 is 19.6 Å². The number of aryl methyl sites for hydroxylation is 2. The molecule has 2 aliphatic heterocycles. The van der Waals surface area contributed by atoms with E-state index in [1.807, 2.05) is 30.2 Å². The molecule has 0 aromatic carbocycles. The van der Waals surface area contributed by atoms with Gasteiger partial charge in [0.15, 0.2) is 0 Å². The Hall–Kier alpha value is -2.78. The van der Waals surface area contributed by atoms with Crippen molar-refractivity contribution >= 4 is 39.1 Å². The molecule has 2 saturated heterocycles. The monoisotopic (exact) mass is 465 g/mol. The number of aromatic nitrogens is 3. The molecule has 0 bridgehead atoms. The summed E-state index contributed by atoms with van der Waals surface area (Å²) in [5, 5.41) is 1.03. The third kappa shape index (κ3) is 4.27. The van der Waals surface area contributed by atoms with Crippen molar-refractivity contribution in [1.29, 1.82) is 0 Å². The zero-order valence-electron chi connectivity index (χ0n) is 19.6. The fourth-order valence-corrected chi connectivity index (χ4v) is 5.94. The van der Waals surface area contributed by atoms with Gasteiger partial charge in [-0.1, -0.05) is 13.0 Å². The molecule has 174 valence electrons. The van der Waals surface area contributed by atoms with Crippen LogP contribution < -0.4 is 9.80 Å². The van der Waals surface area contributed by atoms with Crippen LogP contribution in [0.4, 0.5) is 11.6 Å². The number of thiophene rings is 1. The van der Waals surface area contributed by atoms with E-state index in [1.54, 1.807) is 0 Å². The number of likely N-dealkylation sites (N-methyl/N-ethyl adjacent to an activating group) is 1. The molecule has 0 radical (unpaired) electrons. The van der Waals surface area contributed by atoms with Crippen LogP contribution in [0.2, 0.25) is 0 Å². The van der Waals surface area contributed by atoms with Crippen LogP contribution in [0.15, 0.2) is 24.4 Å². The maximum atomic E-state index is 13.4. The van der Waals surface area contributed by atoms with Gasteiger partial charge in [-0.25, -0.2) is 15.0 Å². The Bertz CT molecular complexity index is 1130. The van der Waals surface area contributed by atoms with Gasteiger partial charge in [-0.3, -0.25) is 4.79 Å². The van der Waals surface area contributed by atoms with E-state index in [1.165, 1.54) is 11.3 Å². The quantitative estimate of drug-likeness (QED) is 0.587. The van der Waals surface area contributed by atoms with Crippen molar-refractivity contribution in [2.45, 2.75) is 20.8 Å². The minimum atomic E-state index is 0.134. The van der Waals surface area contributed by atoms with Crippen LogP contribution in [0.5, 0.6) is 0 Å². The van der Waals surface area contributed by atoms with Gasteiger partial charge in [0.1, 0.15) is 22.3 Å². The third-order valence-corrected chi connectivity index (χ3v) is 7.91. The van der Waals surface area contributed by atoms with Gasteiger partial charge in [-0.2, -0.15) is 0 Å². The minimum absolute atomic E-state index is 0.134. The van der Waals surface area contributed by atoms with Crippen molar-refractivity contribution in [2.75, 3.05) is 68.7 Å². The largest absolute Gasteiger partial charge is 0.353 e. The highest BCUT2D eigenvalue weighted by molar-refractivity contribution is 7.20. The van der Waals surface area contributed by atoms with Crippen molar-refractivity contribution in [3.63, 3.8) is 0 Å². The van der Waals surface area contributed by atoms with Gasteiger partial charge >= 0.3 is 0 Å². The van der Waals surface area contributed by atoms with Crippen molar-refractivity contribution < 1.29 is 4.79 Å². The van der Waals surface area contributed by atoms with Gasteiger partial charge in [-0.15, -0.1) is 11.3 Å². The first kappa shape index (κ1) is 22.0. The molecule has 0 saturated carbocycles. The third-order valence-electron chi connectivity index (χ3n) is 6.74. The molecule has 0 spiro atoms. The van der Waals surface area contributed by atoms with Crippen LogP contribution >= 0.6 is 11.3 Å². The van der Waals surface area contributed by atoms with E-state index in [4.69, 9.17) is 9.97 Å². The molecule has 3 aromatic heterocycles. The number of anilines is 2. The maximum Gasteiger partial charge on any atom is 0.264 e. The van der Waals surface area contributed by atoms with E-state index in [2.05, 4.69) is 39.6 Å². The van der Waals surface area contributed by atoms with E-state index in [9.17, 15) is 4.79 Å². The normalized spacial score (nSPS) is 17.7. The van der Waals surface area contributed by atoms with Crippen LogP contribution in [0.3, 0.4) is 0 Å². The molecular weight excluding hydrogens is 434 g/mol. The Morgan fingerprint density at radius 1 is 0.970 bits per heavy atom. The fourth-order valence-electron chi connectivity index (χ4n) is 4.75. The van der Waals surface area contributed by atoms with Crippen LogP contribution in [-0.4, -0.2) is 89.6 Å². The molecule has 2 aliphatic rings. The summed E-state index contributed by atoms with van der Waals surface area (Å²) in [4.78, 5) is 38.2. The number of amides is 1. The van der Waals surface area contributed by atoms with Crippen molar-refractivity contribution in [3.8, 4) is 0 Å². The second kappa shape index (κ2) is 9.23. The van der Waals surface area contributed by atoms with Gasteiger partial charge in [0.2, 0.25) is 0 Å². The average Bonchev–Trinajstić information content (AvgIpc) is 3.19. The molecule has 3 aromatic rings. The van der Waals surface area contributed by atoms with E-state index >= 15 is 0 Å². The smallest absolute Gasteiger partial charge is 0.264 e. The number of hydrogen-bond acceptors (Lipinski definition) is 8. The zero-order valence-corrected chi connectivity index (χ0v) is 20.4. The van der Waals surface area contributed by atoms with E-state index in [0.29, 0.717) is 0 Å². The molecular formula is C24H31N7OS. The summed E-state index contributed by atoms with van der Waals surface area (Å²) >= 11 is 1.52. The van der Waals surface area contributed by atoms with Crippen LogP contribution in [-0.2, 0) is 0 Å². The zero-order chi connectivity index (χ0) is 22.9. The van der Waals surface area contributed by atoms with E-state index in [0.717, 1.165) is 97.0 Å². The average molecular weight is 466 g/mol. The molecule has 0 unspecified atom stereocenters. The lowest BCUT2D eigenvalue weighted by Crippen LogP contribution is -2.48. The van der Waals surface area contributed by atoms with Crippen LogP contribution in [0.1, 0.15) is 28.0 Å². The van der Waals surface area contributed by atoms with Gasteiger partial charge in [0.05, 0.1) is 10.3 Å². The summed E-state index contributed by atoms with van der Waals surface area (Å²) in [5.74, 6) is 2.86. The molecule has 1 amide bonds. The predicted octanol–water partition coefficient (Wildman–Crippen LogP) is 2.81. The number of rotatable bonds is 4. The first-order chi connectivity index (χ1) is 16.0. The second-order valence-corrected chi connectivity index (χ2v) is 9.72. The minimum Gasteiger partial charge on any atom is -0.353 e. The first-order valence-corrected chi connectivity index (χ1v) is 12.6. The fraction of sp³-hybridized carbons (Fsp3) is 0.500. The Morgan fingerprint density at radius 3 is 2.36 bits per heavy atom. The van der Waals surface area contributed by atoms with Crippen molar-refractivity contribution in [1.82, 2.24) is 24.8 Å². The Morgan fingerprint density at radius 2 is 1.70 bits per heavy atom. The molecule has 5 rings (SSSR count). The summed E-state index contributed by atoms with van der Waals surface area (Å²) in [6.07, 6.45) is 1.84. The summed E-state index contributed by atoms with van der Waals surface area (Å²) in [6.45, 7) is 14.2. The molecule has 9 heteroatoms.